The van der Waals surface area contributed by atoms with E-state index in [2.05, 4.69) is 46.3 Å². The van der Waals surface area contributed by atoms with Crippen molar-refractivity contribution < 1.29 is 4.42 Å². The number of anilines is 1. The third kappa shape index (κ3) is 6.67. The Bertz CT molecular complexity index is 676. The molecule has 1 aliphatic heterocycles. The number of nitrogens with one attached hydrogen (secondary N) is 1. The summed E-state index contributed by atoms with van der Waals surface area (Å²) in [5, 5.41) is 4.14. The second-order valence-electron chi connectivity index (χ2n) is 7.41. The van der Waals surface area contributed by atoms with Crippen LogP contribution in [0.15, 0.2) is 47.1 Å². The van der Waals surface area contributed by atoms with E-state index in [9.17, 15) is 0 Å². The van der Waals surface area contributed by atoms with Crippen molar-refractivity contribution in [2.75, 3.05) is 31.5 Å². The van der Waals surface area contributed by atoms with E-state index >= 15 is 0 Å². The SMILES string of the molecule is Cc1ccc(NC(=S)N(CCCN2CCCCCC2)Cc2ccco2)cc1. The Labute approximate surface area is 168 Å². The van der Waals surface area contributed by atoms with Gasteiger partial charge in [-0.1, -0.05) is 30.5 Å². The maximum Gasteiger partial charge on any atom is 0.173 e. The monoisotopic (exact) mass is 385 g/mol. The van der Waals surface area contributed by atoms with Gasteiger partial charge in [0.25, 0.3) is 0 Å². The molecule has 5 heteroatoms. The average molecular weight is 386 g/mol. The highest BCUT2D eigenvalue weighted by Crippen LogP contribution is 2.14. The van der Waals surface area contributed by atoms with E-state index in [1.807, 2.05) is 12.1 Å². The van der Waals surface area contributed by atoms with Crippen molar-refractivity contribution in [2.45, 2.75) is 45.6 Å². The van der Waals surface area contributed by atoms with Crippen molar-refractivity contribution in [3.8, 4) is 0 Å². The van der Waals surface area contributed by atoms with Crippen molar-refractivity contribution in [3.05, 3.63) is 54.0 Å². The number of hydrogen-bond donors (Lipinski definition) is 1. The Morgan fingerprint density at radius 2 is 1.85 bits per heavy atom. The zero-order valence-corrected chi connectivity index (χ0v) is 17.1. The Morgan fingerprint density at radius 1 is 1.11 bits per heavy atom. The summed E-state index contributed by atoms with van der Waals surface area (Å²) < 4.78 is 5.55. The van der Waals surface area contributed by atoms with Crippen molar-refractivity contribution >= 4 is 23.0 Å². The van der Waals surface area contributed by atoms with Crippen molar-refractivity contribution in [1.29, 1.82) is 0 Å². The van der Waals surface area contributed by atoms with Gasteiger partial charge in [0.2, 0.25) is 0 Å². The average Bonchev–Trinajstić information content (AvgIpc) is 3.04. The second-order valence-corrected chi connectivity index (χ2v) is 7.79. The van der Waals surface area contributed by atoms with Crippen LogP contribution in [0, 0.1) is 6.92 Å². The molecule has 3 rings (SSSR count). The number of furan rings is 1. The number of likely N-dealkylation sites (tertiary alicyclic amines) is 1. The van der Waals surface area contributed by atoms with Gasteiger partial charge in [-0.15, -0.1) is 0 Å². The minimum atomic E-state index is 0.699. The van der Waals surface area contributed by atoms with E-state index in [0.717, 1.165) is 36.1 Å². The molecular weight excluding hydrogens is 354 g/mol. The van der Waals surface area contributed by atoms with Crippen LogP contribution in [0.25, 0.3) is 0 Å². The number of thiocarbonyl (C=S) groups is 1. The number of rotatable bonds is 7. The number of nitrogens with zero attached hydrogens (tertiary/aromatic N) is 2. The molecule has 0 aliphatic carbocycles. The number of aryl methyl sites for hydroxylation is 1. The lowest BCUT2D eigenvalue weighted by molar-refractivity contribution is 0.262. The van der Waals surface area contributed by atoms with Gasteiger partial charge in [-0.3, -0.25) is 0 Å². The van der Waals surface area contributed by atoms with Gasteiger partial charge >= 0.3 is 0 Å². The zero-order valence-electron chi connectivity index (χ0n) is 16.3. The smallest absolute Gasteiger partial charge is 0.173 e. The zero-order chi connectivity index (χ0) is 18.9. The maximum absolute atomic E-state index is 5.71. The summed E-state index contributed by atoms with van der Waals surface area (Å²) in [6, 6.07) is 12.3. The summed E-state index contributed by atoms with van der Waals surface area (Å²) in [4.78, 5) is 4.82. The third-order valence-corrected chi connectivity index (χ3v) is 5.48. The predicted octanol–water partition coefficient (Wildman–Crippen LogP) is 5.05. The third-order valence-electron chi connectivity index (χ3n) is 5.12. The normalized spacial score (nSPS) is 15.3. The van der Waals surface area contributed by atoms with Crippen molar-refractivity contribution in [2.24, 2.45) is 0 Å². The van der Waals surface area contributed by atoms with Crippen molar-refractivity contribution in [3.63, 3.8) is 0 Å². The van der Waals surface area contributed by atoms with E-state index in [0.29, 0.717) is 6.54 Å². The highest BCUT2D eigenvalue weighted by Gasteiger charge is 2.14. The molecule has 2 heterocycles. The molecule has 1 aliphatic rings. The van der Waals surface area contributed by atoms with E-state index < -0.39 is 0 Å². The Morgan fingerprint density at radius 3 is 2.52 bits per heavy atom. The van der Waals surface area contributed by atoms with Gasteiger partial charge in [0.15, 0.2) is 5.11 Å². The Hall–Kier alpha value is -1.85. The first-order valence-corrected chi connectivity index (χ1v) is 10.5. The minimum absolute atomic E-state index is 0.699. The maximum atomic E-state index is 5.71. The second kappa shape index (κ2) is 10.5. The van der Waals surface area contributed by atoms with Gasteiger partial charge in [0.05, 0.1) is 12.8 Å². The predicted molar refractivity (Wildman–Crippen MR) is 116 cm³/mol. The summed E-state index contributed by atoms with van der Waals surface area (Å²) in [5.41, 5.74) is 2.28. The molecular formula is C22H31N3OS. The highest BCUT2D eigenvalue weighted by atomic mass is 32.1. The largest absolute Gasteiger partial charge is 0.467 e. The Balaban J connectivity index is 1.55. The molecule has 1 fully saturated rings. The summed E-state index contributed by atoms with van der Waals surface area (Å²) in [7, 11) is 0. The highest BCUT2D eigenvalue weighted by molar-refractivity contribution is 7.80. The molecule has 146 valence electrons. The van der Waals surface area contributed by atoms with Gasteiger partial charge in [-0.2, -0.15) is 0 Å². The van der Waals surface area contributed by atoms with Gasteiger partial charge in [0, 0.05) is 12.2 Å². The fourth-order valence-electron chi connectivity index (χ4n) is 3.53. The fourth-order valence-corrected chi connectivity index (χ4v) is 3.80. The van der Waals surface area contributed by atoms with E-state index in [4.69, 9.17) is 16.6 Å². The van der Waals surface area contributed by atoms with Crippen LogP contribution >= 0.6 is 12.2 Å². The topological polar surface area (TPSA) is 31.6 Å². The molecule has 27 heavy (non-hydrogen) atoms. The molecule has 0 radical (unpaired) electrons. The van der Waals surface area contributed by atoms with E-state index in [-0.39, 0.29) is 0 Å². The summed E-state index contributed by atoms with van der Waals surface area (Å²) in [6.45, 7) is 7.34. The number of benzene rings is 1. The molecule has 0 amide bonds. The quantitative estimate of drug-likeness (QED) is 0.674. The van der Waals surface area contributed by atoms with Gasteiger partial charge in [-0.25, -0.2) is 0 Å². The van der Waals surface area contributed by atoms with Crippen LogP contribution in [-0.4, -0.2) is 41.1 Å². The molecule has 1 N–H and O–H groups in total. The van der Waals surface area contributed by atoms with Crippen LogP contribution in [0.3, 0.4) is 0 Å². The van der Waals surface area contributed by atoms with Crippen LogP contribution in [0.5, 0.6) is 0 Å². The first kappa shape index (κ1) is 19.9. The molecule has 0 spiro atoms. The summed E-state index contributed by atoms with van der Waals surface area (Å²) >= 11 is 5.71. The first-order chi connectivity index (χ1) is 13.2. The lowest BCUT2D eigenvalue weighted by Crippen LogP contribution is -2.37. The number of hydrogen-bond acceptors (Lipinski definition) is 3. The molecule has 0 atom stereocenters. The van der Waals surface area contributed by atoms with Gasteiger partial charge in [0.1, 0.15) is 5.76 Å². The lowest BCUT2D eigenvalue weighted by atomic mass is 10.2. The van der Waals surface area contributed by atoms with Gasteiger partial charge in [-0.05, 0) is 82.3 Å². The Kier molecular flexibility index (Phi) is 7.72. The summed E-state index contributed by atoms with van der Waals surface area (Å²) in [6.07, 6.45) is 8.27. The fraction of sp³-hybridized carbons (Fsp3) is 0.500. The summed E-state index contributed by atoms with van der Waals surface area (Å²) in [5.74, 6) is 0.942. The molecule has 1 aromatic carbocycles. The van der Waals surface area contributed by atoms with Crippen LogP contribution < -0.4 is 5.32 Å². The minimum Gasteiger partial charge on any atom is -0.467 e. The first-order valence-electron chi connectivity index (χ1n) is 10.1. The van der Waals surface area contributed by atoms with Crippen molar-refractivity contribution in [1.82, 2.24) is 9.80 Å². The molecule has 2 aromatic rings. The molecule has 0 saturated carbocycles. The van der Waals surface area contributed by atoms with E-state index in [1.54, 1.807) is 6.26 Å². The van der Waals surface area contributed by atoms with E-state index in [1.165, 1.54) is 44.3 Å². The van der Waals surface area contributed by atoms with Crippen LogP contribution in [0.2, 0.25) is 0 Å². The molecule has 0 unspecified atom stereocenters. The lowest BCUT2D eigenvalue weighted by Gasteiger charge is -2.27. The standard InChI is InChI=1S/C22H31N3OS/c1-19-9-11-20(12-10-19)23-22(27)25(18-21-8-6-17-26-21)16-7-15-24-13-4-2-3-5-14-24/h6,8-12,17H,2-5,7,13-16,18H2,1H3,(H,23,27). The van der Waals surface area contributed by atoms with Crippen LogP contribution in [0.4, 0.5) is 5.69 Å². The molecule has 4 nitrogen and oxygen atoms in total. The van der Waals surface area contributed by atoms with Crippen LogP contribution in [-0.2, 0) is 6.54 Å². The molecule has 1 saturated heterocycles. The molecule has 0 bridgehead atoms. The van der Waals surface area contributed by atoms with Crippen LogP contribution in [0.1, 0.15) is 43.4 Å². The van der Waals surface area contributed by atoms with Gasteiger partial charge < -0.3 is 19.5 Å². The molecule has 1 aromatic heterocycles.